The van der Waals surface area contributed by atoms with E-state index >= 15 is 0 Å². The molecule has 3 rings (SSSR count). The second-order valence-corrected chi connectivity index (χ2v) is 6.27. The van der Waals surface area contributed by atoms with Crippen molar-refractivity contribution in [3.8, 4) is 0 Å². The molecule has 3 N–H and O–H groups in total. The molecule has 138 valence electrons. The van der Waals surface area contributed by atoms with Crippen LogP contribution < -0.4 is 10.6 Å². The molecule has 6 heteroatoms. The minimum Gasteiger partial charge on any atom is -0.480 e. The average molecular weight is 375 g/mol. The summed E-state index contributed by atoms with van der Waals surface area (Å²) in [7, 11) is 0. The first-order valence-electron chi connectivity index (χ1n) is 8.53. The number of hydrogen-bond acceptors (Lipinski definition) is 3. The number of carboxylic acid groups (broad SMARTS) is 1. The normalized spacial score (nSPS) is 17.3. The predicted octanol–water partition coefficient (Wildman–Crippen LogP) is 2.56. The van der Waals surface area contributed by atoms with Crippen LogP contribution in [-0.4, -0.2) is 35.6 Å². The summed E-state index contributed by atoms with van der Waals surface area (Å²) in [6, 6.07) is 17.5. The quantitative estimate of drug-likeness (QED) is 0.726. The molecule has 1 aliphatic rings. The zero-order valence-corrected chi connectivity index (χ0v) is 15.1. The van der Waals surface area contributed by atoms with Crippen LogP contribution >= 0.6 is 12.4 Å². The van der Waals surface area contributed by atoms with Crippen LogP contribution in [0.4, 0.5) is 0 Å². The molecule has 26 heavy (non-hydrogen) atoms. The van der Waals surface area contributed by atoms with Crippen molar-refractivity contribution in [2.45, 2.75) is 30.8 Å². The van der Waals surface area contributed by atoms with Gasteiger partial charge in [0.05, 0.1) is 6.04 Å². The van der Waals surface area contributed by atoms with Gasteiger partial charge in [0.2, 0.25) is 5.91 Å². The lowest BCUT2D eigenvalue weighted by Crippen LogP contribution is -2.50. The van der Waals surface area contributed by atoms with Crippen molar-refractivity contribution in [1.29, 1.82) is 0 Å². The molecule has 5 nitrogen and oxygen atoms in total. The van der Waals surface area contributed by atoms with Crippen LogP contribution in [0.25, 0.3) is 0 Å². The Morgan fingerprint density at radius 2 is 1.54 bits per heavy atom. The van der Waals surface area contributed by atoms with E-state index in [0.717, 1.165) is 30.5 Å². The number of halogens is 1. The number of carbonyl (C=O) groups is 2. The third-order valence-corrected chi connectivity index (χ3v) is 4.59. The van der Waals surface area contributed by atoms with Crippen molar-refractivity contribution in [2.24, 2.45) is 0 Å². The molecule has 0 unspecified atom stereocenters. The van der Waals surface area contributed by atoms with Gasteiger partial charge in [-0.15, -0.1) is 12.4 Å². The molecule has 0 saturated carbocycles. The lowest BCUT2D eigenvalue weighted by molar-refractivity contribution is -0.142. The smallest absolute Gasteiger partial charge is 0.327 e. The third-order valence-electron chi connectivity index (χ3n) is 4.59. The summed E-state index contributed by atoms with van der Waals surface area (Å²) in [5.41, 5.74) is 1.72. The van der Waals surface area contributed by atoms with Gasteiger partial charge in [0, 0.05) is 5.92 Å². The van der Waals surface area contributed by atoms with E-state index in [1.54, 1.807) is 0 Å². The van der Waals surface area contributed by atoms with E-state index in [4.69, 9.17) is 0 Å². The molecular formula is C20H23ClN2O3. The first-order valence-corrected chi connectivity index (χ1v) is 8.53. The van der Waals surface area contributed by atoms with Gasteiger partial charge in [-0.2, -0.15) is 0 Å². The molecule has 1 saturated heterocycles. The van der Waals surface area contributed by atoms with Gasteiger partial charge >= 0.3 is 5.97 Å². The second-order valence-electron chi connectivity index (χ2n) is 6.27. The van der Waals surface area contributed by atoms with Crippen molar-refractivity contribution in [3.05, 3.63) is 71.8 Å². The van der Waals surface area contributed by atoms with Crippen molar-refractivity contribution in [1.82, 2.24) is 10.6 Å². The summed E-state index contributed by atoms with van der Waals surface area (Å²) < 4.78 is 0. The Bertz CT molecular complexity index is 679. The number of aliphatic carboxylic acids is 1. The number of hydrogen-bond donors (Lipinski definition) is 3. The predicted molar refractivity (Wildman–Crippen MR) is 103 cm³/mol. The van der Waals surface area contributed by atoms with Crippen LogP contribution in [0.1, 0.15) is 29.9 Å². The SMILES string of the molecule is Cl.O=C(N[C@H](C(=O)O)C(c1ccccc1)c1ccccc1)[C@@H]1CCCN1. The number of benzene rings is 2. The molecule has 0 bridgehead atoms. The standard InChI is InChI=1S/C20H22N2O3.ClH/c23-19(16-12-7-13-21-16)22-18(20(24)25)17(14-8-3-1-4-9-14)15-10-5-2-6-11-15;/h1-6,8-11,16-18,21H,7,12-13H2,(H,22,23)(H,24,25);1H/t16-,18-;/m0./s1. The maximum atomic E-state index is 12.5. The fraction of sp³-hybridized carbons (Fsp3) is 0.300. The van der Waals surface area contributed by atoms with Crippen LogP contribution in [0.15, 0.2) is 60.7 Å². The monoisotopic (exact) mass is 374 g/mol. The largest absolute Gasteiger partial charge is 0.480 e. The zero-order chi connectivity index (χ0) is 17.6. The molecule has 1 amide bonds. The molecule has 1 heterocycles. The highest BCUT2D eigenvalue weighted by molar-refractivity contribution is 5.88. The van der Waals surface area contributed by atoms with Crippen LogP contribution in [0, 0.1) is 0 Å². The summed E-state index contributed by atoms with van der Waals surface area (Å²) in [5, 5.41) is 15.7. The van der Waals surface area contributed by atoms with Gasteiger partial charge in [-0.05, 0) is 30.5 Å². The van der Waals surface area contributed by atoms with Gasteiger partial charge < -0.3 is 15.7 Å². The maximum absolute atomic E-state index is 12.5. The average Bonchev–Trinajstić information content (AvgIpc) is 3.17. The third kappa shape index (κ3) is 4.62. The zero-order valence-electron chi connectivity index (χ0n) is 14.3. The molecule has 2 aromatic rings. The van der Waals surface area contributed by atoms with E-state index in [2.05, 4.69) is 10.6 Å². The molecule has 2 aromatic carbocycles. The molecule has 1 aliphatic heterocycles. The van der Waals surface area contributed by atoms with Crippen molar-refractivity contribution >= 4 is 24.3 Å². The summed E-state index contributed by atoms with van der Waals surface area (Å²) in [5.74, 6) is -1.74. The topological polar surface area (TPSA) is 78.4 Å². The first-order chi connectivity index (χ1) is 12.2. The van der Waals surface area contributed by atoms with Gasteiger partial charge in [0.1, 0.15) is 6.04 Å². The highest BCUT2D eigenvalue weighted by atomic mass is 35.5. The van der Waals surface area contributed by atoms with E-state index < -0.39 is 17.9 Å². The number of nitrogens with one attached hydrogen (secondary N) is 2. The van der Waals surface area contributed by atoms with E-state index in [-0.39, 0.29) is 24.4 Å². The van der Waals surface area contributed by atoms with E-state index in [1.807, 2.05) is 60.7 Å². The maximum Gasteiger partial charge on any atom is 0.327 e. The fourth-order valence-corrected chi connectivity index (χ4v) is 3.35. The number of amides is 1. The lowest BCUT2D eigenvalue weighted by atomic mass is 9.85. The summed E-state index contributed by atoms with van der Waals surface area (Å²) in [4.78, 5) is 24.5. The first kappa shape index (κ1) is 19.9. The molecule has 0 aliphatic carbocycles. The van der Waals surface area contributed by atoms with Gasteiger partial charge in [0.25, 0.3) is 0 Å². The van der Waals surface area contributed by atoms with E-state index in [0.29, 0.717) is 0 Å². The highest BCUT2D eigenvalue weighted by Gasteiger charge is 2.34. The van der Waals surface area contributed by atoms with E-state index in [1.165, 1.54) is 0 Å². The van der Waals surface area contributed by atoms with Gasteiger partial charge in [-0.3, -0.25) is 4.79 Å². The van der Waals surface area contributed by atoms with Crippen LogP contribution in [0.2, 0.25) is 0 Å². The van der Waals surface area contributed by atoms with Crippen LogP contribution in [0.3, 0.4) is 0 Å². The Labute approximate surface area is 159 Å². The molecule has 2 atom stereocenters. The molecule has 0 radical (unpaired) electrons. The van der Waals surface area contributed by atoms with Gasteiger partial charge in [0.15, 0.2) is 0 Å². The second kappa shape index (κ2) is 9.36. The Hall–Kier alpha value is -2.37. The minimum atomic E-state index is -1.04. The fourth-order valence-electron chi connectivity index (χ4n) is 3.35. The Morgan fingerprint density at radius 1 is 1.00 bits per heavy atom. The van der Waals surface area contributed by atoms with Crippen LogP contribution in [-0.2, 0) is 9.59 Å². The summed E-state index contributed by atoms with van der Waals surface area (Å²) >= 11 is 0. The number of rotatable bonds is 6. The number of carboxylic acids is 1. The molecule has 1 fully saturated rings. The summed E-state index contributed by atoms with van der Waals surface area (Å²) in [6.07, 6.45) is 1.66. The van der Waals surface area contributed by atoms with Crippen molar-refractivity contribution < 1.29 is 14.7 Å². The van der Waals surface area contributed by atoms with Gasteiger partial charge in [-0.1, -0.05) is 60.7 Å². The van der Waals surface area contributed by atoms with Crippen molar-refractivity contribution in [2.75, 3.05) is 6.54 Å². The Kier molecular flexibility index (Phi) is 7.18. The van der Waals surface area contributed by atoms with Crippen molar-refractivity contribution in [3.63, 3.8) is 0 Å². The number of carbonyl (C=O) groups excluding carboxylic acids is 1. The highest BCUT2D eigenvalue weighted by Crippen LogP contribution is 2.28. The molecule has 0 aromatic heterocycles. The molecule has 0 spiro atoms. The minimum absolute atomic E-state index is 0. The Balaban J connectivity index is 0.00000243. The summed E-state index contributed by atoms with van der Waals surface area (Å²) in [6.45, 7) is 0.788. The molecular weight excluding hydrogens is 352 g/mol. The lowest BCUT2D eigenvalue weighted by Gasteiger charge is -2.27. The van der Waals surface area contributed by atoms with Gasteiger partial charge in [-0.25, -0.2) is 4.79 Å². The Morgan fingerprint density at radius 3 is 1.96 bits per heavy atom. The van der Waals surface area contributed by atoms with Crippen LogP contribution in [0.5, 0.6) is 0 Å². The van der Waals surface area contributed by atoms with E-state index in [9.17, 15) is 14.7 Å².